The number of aromatic amines is 1. The third-order valence-electron chi connectivity index (χ3n) is 4.57. The molecule has 0 aliphatic carbocycles. The zero-order valence-electron chi connectivity index (χ0n) is 11.0. The van der Waals surface area contributed by atoms with Crippen molar-refractivity contribution in [1.82, 2.24) is 20.3 Å². The van der Waals surface area contributed by atoms with E-state index in [9.17, 15) is 0 Å². The normalized spacial score (nSPS) is 27.5. The van der Waals surface area contributed by atoms with Crippen LogP contribution in [-0.4, -0.2) is 40.1 Å². The number of rotatable bonds is 1. The molecular weight excluding hydrogens is 238 g/mol. The highest BCUT2D eigenvalue weighted by Gasteiger charge is 2.39. The van der Waals surface area contributed by atoms with Gasteiger partial charge >= 0.3 is 0 Å². The van der Waals surface area contributed by atoms with Crippen molar-refractivity contribution in [2.45, 2.75) is 31.2 Å². The highest BCUT2D eigenvalue weighted by atomic mass is 15.3. The Morgan fingerprint density at radius 2 is 2.21 bits per heavy atom. The van der Waals surface area contributed by atoms with Crippen molar-refractivity contribution in [3.05, 3.63) is 18.6 Å². The largest absolute Gasteiger partial charge is 0.354 e. The predicted molar refractivity (Wildman–Crippen MR) is 75.3 cm³/mol. The lowest BCUT2D eigenvalue weighted by Gasteiger charge is -2.34. The Hall–Kier alpha value is -1.62. The second-order valence-corrected chi connectivity index (χ2v) is 5.77. The van der Waals surface area contributed by atoms with Gasteiger partial charge < -0.3 is 15.2 Å². The fraction of sp³-hybridized carbons (Fsp3) is 0.571. The molecule has 0 amide bonds. The number of anilines is 1. The quantitative estimate of drug-likeness (QED) is 0.816. The van der Waals surface area contributed by atoms with E-state index in [1.54, 1.807) is 6.33 Å². The summed E-state index contributed by atoms with van der Waals surface area (Å²) in [5.74, 6) is 1.08. The van der Waals surface area contributed by atoms with Crippen molar-refractivity contribution in [3.63, 3.8) is 0 Å². The number of hydrogen-bond acceptors (Lipinski definition) is 4. The summed E-state index contributed by atoms with van der Waals surface area (Å²) >= 11 is 0. The Balaban J connectivity index is 1.65. The second kappa shape index (κ2) is 4.20. The van der Waals surface area contributed by atoms with E-state index in [1.165, 1.54) is 25.7 Å². The molecular formula is C14H19N5. The van der Waals surface area contributed by atoms with Crippen LogP contribution in [0.1, 0.15) is 25.7 Å². The van der Waals surface area contributed by atoms with Crippen LogP contribution in [0.3, 0.4) is 0 Å². The van der Waals surface area contributed by atoms with E-state index in [-0.39, 0.29) is 0 Å². The third kappa shape index (κ3) is 1.80. The first-order valence-electron chi connectivity index (χ1n) is 7.14. The van der Waals surface area contributed by atoms with Gasteiger partial charge in [-0.3, -0.25) is 0 Å². The van der Waals surface area contributed by atoms with Crippen LogP contribution in [0.5, 0.6) is 0 Å². The van der Waals surface area contributed by atoms with Crippen molar-refractivity contribution in [3.8, 4) is 0 Å². The van der Waals surface area contributed by atoms with Crippen LogP contribution in [0.4, 0.5) is 5.82 Å². The van der Waals surface area contributed by atoms with Crippen LogP contribution >= 0.6 is 0 Å². The summed E-state index contributed by atoms with van der Waals surface area (Å²) in [6.07, 6.45) is 8.79. The predicted octanol–water partition coefficient (Wildman–Crippen LogP) is 1.68. The molecule has 4 heterocycles. The molecule has 2 fully saturated rings. The minimum Gasteiger partial charge on any atom is -0.354 e. The molecule has 2 aromatic rings. The molecule has 2 aromatic heterocycles. The van der Waals surface area contributed by atoms with Gasteiger partial charge in [-0.1, -0.05) is 6.42 Å². The van der Waals surface area contributed by atoms with Crippen molar-refractivity contribution < 1.29 is 0 Å². The number of H-pyrrole nitrogens is 1. The summed E-state index contributed by atoms with van der Waals surface area (Å²) in [6, 6.07) is 2.07. The van der Waals surface area contributed by atoms with Gasteiger partial charge in [-0.05, 0) is 31.9 Å². The molecule has 2 aliphatic rings. The zero-order chi connectivity index (χ0) is 12.7. The maximum atomic E-state index is 4.51. The van der Waals surface area contributed by atoms with Crippen molar-refractivity contribution in [1.29, 1.82) is 0 Å². The van der Waals surface area contributed by atoms with E-state index in [0.29, 0.717) is 5.54 Å². The van der Waals surface area contributed by atoms with Gasteiger partial charge in [0.2, 0.25) is 0 Å². The number of nitrogens with one attached hydrogen (secondary N) is 2. The highest BCUT2D eigenvalue weighted by Crippen LogP contribution is 2.33. The standard InChI is InChI=1S/C14H19N5/c1-2-6-18-14(4-1)5-8-19(9-14)13-11-3-7-15-12(11)16-10-17-13/h3,7,10,18H,1-2,4-6,8-9H2,(H,15,16,17)/t14-/m0/s1. The number of piperidine rings is 1. The number of fused-ring (bicyclic) bond motifs is 1. The van der Waals surface area contributed by atoms with Crippen LogP contribution in [0, 0.1) is 0 Å². The lowest BCUT2D eigenvalue weighted by molar-refractivity contribution is 0.280. The van der Waals surface area contributed by atoms with Crippen molar-refractivity contribution >= 4 is 16.9 Å². The molecule has 1 spiro atoms. The summed E-state index contributed by atoms with van der Waals surface area (Å²) < 4.78 is 0. The lowest BCUT2D eigenvalue weighted by atomic mass is 9.88. The molecule has 1 atom stereocenters. The first kappa shape index (κ1) is 11.2. The van der Waals surface area contributed by atoms with E-state index in [1.807, 2.05) is 6.20 Å². The minimum absolute atomic E-state index is 0.325. The van der Waals surface area contributed by atoms with Crippen molar-refractivity contribution in [2.75, 3.05) is 24.5 Å². The topological polar surface area (TPSA) is 56.8 Å². The van der Waals surface area contributed by atoms with Gasteiger partial charge in [-0.2, -0.15) is 0 Å². The maximum absolute atomic E-state index is 4.51. The molecule has 0 bridgehead atoms. The summed E-state index contributed by atoms with van der Waals surface area (Å²) in [7, 11) is 0. The van der Waals surface area contributed by atoms with Gasteiger partial charge in [0.05, 0.1) is 5.39 Å². The van der Waals surface area contributed by atoms with E-state index in [2.05, 4.69) is 31.2 Å². The Morgan fingerprint density at radius 3 is 3.11 bits per heavy atom. The molecule has 2 saturated heterocycles. The summed E-state index contributed by atoms with van der Waals surface area (Å²) in [5, 5.41) is 4.88. The Bertz CT molecular complexity index is 584. The number of hydrogen-bond donors (Lipinski definition) is 2. The maximum Gasteiger partial charge on any atom is 0.142 e. The molecule has 100 valence electrons. The van der Waals surface area contributed by atoms with E-state index < -0.39 is 0 Å². The minimum atomic E-state index is 0.325. The molecule has 0 saturated carbocycles. The smallest absolute Gasteiger partial charge is 0.142 e. The molecule has 5 nitrogen and oxygen atoms in total. The average molecular weight is 257 g/mol. The molecule has 2 N–H and O–H groups in total. The zero-order valence-corrected chi connectivity index (χ0v) is 11.0. The Morgan fingerprint density at radius 1 is 1.21 bits per heavy atom. The van der Waals surface area contributed by atoms with Crippen molar-refractivity contribution in [2.24, 2.45) is 0 Å². The fourth-order valence-corrected chi connectivity index (χ4v) is 3.54. The SMILES string of the molecule is c1nc(N2CC[C@@]3(CCCCN3)C2)c2cc[nH]c2n1. The first-order chi connectivity index (χ1) is 9.36. The van der Waals surface area contributed by atoms with Crippen LogP contribution in [0.25, 0.3) is 11.0 Å². The summed E-state index contributed by atoms with van der Waals surface area (Å²) in [5.41, 5.74) is 1.26. The van der Waals surface area contributed by atoms with Crippen LogP contribution in [0.2, 0.25) is 0 Å². The van der Waals surface area contributed by atoms with Crippen LogP contribution in [-0.2, 0) is 0 Å². The highest BCUT2D eigenvalue weighted by molar-refractivity contribution is 5.87. The van der Waals surface area contributed by atoms with Gasteiger partial charge in [0.1, 0.15) is 17.8 Å². The number of nitrogens with zero attached hydrogens (tertiary/aromatic N) is 3. The summed E-state index contributed by atoms with van der Waals surface area (Å²) in [4.78, 5) is 14.3. The Kier molecular flexibility index (Phi) is 2.48. The van der Waals surface area contributed by atoms with E-state index in [4.69, 9.17) is 0 Å². The van der Waals surface area contributed by atoms with Gasteiger partial charge in [0, 0.05) is 24.8 Å². The van der Waals surface area contributed by atoms with Crippen LogP contribution < -0.4 is 10.2 Å². The van der Waals surface area contributed by atoms with E-state index >= 15 is 0 Å². The molecule has 0 aromatic carbocycles. The third-order valence-corrected chi connectivity index (χ3v) is 4.57. The molecule has 0 unspecified atom stereocenters. The van der Waals surface area contributed by atoms with Gasteiger partial charge in [-0.15, -0.1) is 0 Å². The van der Waals surface area contributed by atoms with Gasteiger partial charge in [-0.25, -0.2) is 9.97 Å². The van der Waals surface area contributed by atoms with Gasteiger partial charge in [0.15, 0.2) is 0 Å². The molecule has 2 aliphatic heterocycles. The summed E-state index contributed by atoms with van der Waals surface area (Å²) in [6.45, 7) is 3.33. The fourth-order valence-electron chi connectivity index (χ4n) is 3.54. The molecule has 0 radical (unpaired) electrons. The monoisotopic (exact) mass is 257 g/mol. The number of aromatic nitrogens is 3. The van der Waals surface area contributed by atoms with E-state index in [0.717, 1.165) is 36.5 Å². The second-order valence-electron chi connectivity index (χ2n) is 5.77. The van der Waals surface area contributed by atoms with Crippen LogP contribution in [0.15, 0.2) is 18.6 Å². The van der Waals surface area contributed by atoms with Gasteiger partial charge in [0.25, 0.3) is 0 Å². The molecule has 5 heteroatoms. The first-order valence-corrected chi connectivity index (χ1v) is 7.14. The lowest BCUT2D eigenvalue weighted by Crippen LogP contribution is -2.50. The Labute approximate surface area is 112 Å². The average Bonchev–Trinajstić information content (AvgIpc) is 3.06. The molecule has 4 rings (SSSR count). The molecule has 19 heavy (non-hydrogen) atoms.